The molecule has 3 rings (SSSR count). The van der Waals surface area contributed by atoms with Crippen molar-refractivity contribution in [2.75, 3.05) is 27.2 Å². The van der Waals surface area contributed by atoms with Crippen LogP contribution in [0.3, 0.4) is 0 Å². The molecule has 0 bridgehead atoms. The van der Waals surface area contributed by atoms with E-state index in [1.54, 1.807) is 26.2 Å². The predicted molar refractivity (Wildman–Crippen MR) is 113 cm³/mol. The van der Waals surface area contributed by atoms with Gasteiger partial charge in [-0.2, -0.15) is 0 Å². The summed E-state index contributed by atoms with van der Waals surface area (Å²) in [6.07, 6.45) is 2.30. The Balaban J connectivity index is 1.80. The zero-order valence-corrected chi connectivity index (χ0v) is 18.5. The van der Waals surface area contributed by atoms with E-state index in [-0.39, 0.29) is 4.90 Å². The third kappa shape index (κ3) is 4.40. The molecule has 0 aliphatic carbocycles. The van der Waals surface area contributed by atoms with Gasteiger partial charge in [0.25, 0.3) is 0 Å². The number of hydrogen-bond acceptors (Lipinski definition) is 5. The summed E-state index contributed by atoms with van der Waals surface area (Å²) in [4.78, 5) is 7.54. The molecule has 0 radical (unpaired) electrons. The van der Waals surface area contributed by atoms with Crippen molar-refractivity contribution < 1.29 is 8.42 Å². The number of sulfonamides is 1. The van der Waals surface area contributed by atoms with Crippen molar-refractivity contribution in [2.24, 2.45) is 0 Å². The maximum atomic E-state index is 12.4. The summed E-state index contributed by atoms with van der Waals surface area (Å²) in [7, 11) is -0.357. The van der Waals surface area contributed by atoms with E-state index in [9.17, 15) is 8.42 Å². The molecule has 1 aromatic heterocycles. The lowest BCUT2D eigenvalue weighted by molar-refractivity contribution is 0.181. The van der Waals surface area contributed by atoms with Crippen LogP contribution in [0.25, 0.3) is 11.0 Å². The number of nitrogens with zero attached hydrogens (tertiary/aromatic N) is 4. The van der Waals surface area contributed by atoms with Crippen molar-refractivity contribution in [3.05, 3.63) is 24.0 Å². The monoisotopic (exact) mass is 407 g/mol. The van der Waals surface area contributed by atoms with Gasteiger partial charge >= 0.3 is 0 Å². The first kappa shape index (κ1) is 21.2. The Morgan fingerprint density at radius 3 is 2.50 bits per heavy atom. The number of fused-ring (bicyclic) bond motifs is 1. The van der Waals surface area contributed by atoms with E-state index >= 15 is 0 Å². The Bertz CT molecular complexity index is 912. The number of aryl methyl sites for hydroxylation is 1. The van der Waals surface area contributed by atoms with Gasteiger partial charge in [-0.15, -0.1) is 0 Å². The molecule has 7 nitrogen and oxygen atoms in total. The Morgan fingerprint density at radius 2 is 1.93 bits per heavy atom. The molecule has 8 heteroatoms. The minimum atomic E-state index is -3.46. The summed E-state index contributed by atoms with van der Waals surface area (Å²) in [6, 6.07) is 6.37. The van der Waals surface area contributed by atoms with Gasteiger partial charge in [0.15, 0.2) is 0 Å². The average molecular weight is 408 g/mol. The minimum Gasteiger partial charge on any atom is -0.327 e. The van der Waals surface area contributed by atoms with Crippen LogP contribution in [0.2, 0.25) is 0 Å². The average Bonchev–Trinajstić information content (AvgIpc) is 2.98. The van der Waals surface area contributed by atoms with E-state index in [1.807, 2.05) is 6.07 Å². The molecule has 28 heavy (non-hydrogen) atoms. The van der Waals surface area contributed by atoms with Crippen LogP contribution in [0.5, 0.6) is 0 Å². The molecule has 1 fully saturated rings. The minimum absolute atomic E-state index is 0.290. The van der Waals surface area contributed by atoms with Crippen LogP contribution in [0.1, 0.15) is 39.4 Å². The second kappa shape index (κ2) is 8.49. The second-order valence-corrected chi connectivity index (χ2v) is 10.2. The first-order chi connectivity index (χ1) is 13.2. The second-order valence-electron chi connectivity index (χ2n) is 8.08. The highest BCUT2D eigenvalue weighted by atomic mass is 32.2. The van der Waals surface area contributed by atoms with Crippen LogP contribution in [0.4, 0.5) is 0 Å². The van der Waals surface area contributed by atoms with Gasteiger partial charge in [0.2, 0.25) is 10.0 Å². The van der Waals surface area contributed by atoms with Crippen molar-refractivity contribution in [3.8, 4) is 0 Å². The Hall–Kier alpha value is -1.48. The molecule has 1 N–H and O–H groups in total. The molecule has 0 atom stereocenters. The fourth-order valence-corrected chi connectivity index (χ4v) is 4.86. The molecule has 156 valence electrons. The lowest BCUT2D eigenvalue weighted by Crippen LogP contribution is -2.44. The molecule has 0 spiro atoms. The number of imidazole rings is 1. The lowest BCUT2D eigenvalue weighted by Gasteiger charge is -2.33. The van der Waals surface area contributed by atoms with Crippen molar-refractivity contribution in [3.63, 3.8) is 0 Å². The topological polar surface area (TPSA) is 70.5 Å². The van der Waals surface area contributed by atoms with Crippen LogP contribution >= 0.6 is 0 Å². The molecular weight excluding hydrogens is 374 g/mol. The van der Waals surface area contributed by atoms with E-state index in [2.05, 4.69) is 35.6 Å². The quantitative estimate of drug-likeness (QED) is 0.762. The zero-order valence-electron chi connectivity index (χ0n) is 17.6. The van der Waals surface area contributed by atoms with E-state index in [0.29, 0.717) is 12.1 Å². The van der Waals surface area contributed by atoms with Crippen LogP contribution in [-0.2, 0) is 23.1 Å². The Morgan fingerprint density at radius 1 is 1.25 bits per heavy atom. The molecular formula is C20H33N5O2S. The third-order valence-electron chi connectivity index (χ3n) is 5.42. The highest BCUT2D eigenvalue weighted by molar-refractivity contribution is 7.89. The van der Waals surface area contributed by atoms with E-state index in [4.69, 9.17) is 4.98 Å². The van der Waals surface area contributed by atoms with Gasteiger partial charge in [-0.25, -0.2) is 17.7 Å². The number of piperidine rings is 1. The maximum absolute atomic E-state index is 12.4. The Labute approximate surface area is 168 Å². The van der Waals surface area contributed by atoms with Crippen LogP contribution < -0.4 is 5.32 Å². The molecule has 0 amide bonds. The van der Waals surface area contributed by atoms with Gasteiger partial charge in [-0.3, -0.25) is 4.90 Å². The highest BCUT2D eigenvalue weighted by Crippen LogP contribution is 2.23. The first-order valence-corrected chi connectivity index (χ1v) is 11.6. The van der Waals surface area contributed by atoms with Crippen molar-refractivity contribution in [1.82, 2.24) is 24.1 Å². The van der Waals surface area contributed by atoms with Gasteiger partial charge in [-0.05, 0) is 38.0 Å². The molecule has 1 aromatic carbocycles. The zero-order chi connectivity index (χ0) is 20.5. The SMILES string of the molecule is CCn1c(CN2CCC(NC(C)C)CC2)nc2cc(S(=O)(=O)N(C)C)ccc21. The molecule has 2 aromatic rings. The van der Waals surface area contributed by atoms with Crippen molar-refractivity contribution in [1.29, 1.82) is 0 Å². The summed E-state index contributed by atoms with van der Waals surface area (Å²) in [5.41, 5.74) is 1.74. The standard InChI is InChI=1S/C20H33N5O2S/c1-6-25-19-8-7-17(28(26,27)23(4)5)13-18(19)22-20(25)14-24-11-9-16(10-12-24)21-15(2)3/h7-8,13,15-16,21H,6,9-12,14H2,1-5H3. The number of aromatic nitrogens is 2. The first-order valence-electron chi connectivity index (χ1n) is 10.1. The summed E-state index contributed by atoms with van der Waals surface area (Å²) in [5, 5.41) is 3.63. The summed E-state index contributed by atoms with van der Waals surface area (Å²) in [6.45, 7) is 10.2. The van der Waals surface area contributed by atoms with Crippen LogP contribution in [0.15, 0.2) is 23.1 Å². The fourth-order valence-electron chi connectivity index (χ4n) is 3.93. The number of benzene rings is 1. The largest absolute Gasteiger partial charge is 0.327 e. The molecule has 1 aliphatic rings. The highest BCUT2D eigenvalue weighted by Gasteiger charge is 2.23. The summed E-state index contributed by atoms with van der Waals surface area (Å²) in [5.74, 6) is 1.01. The Kier molecular flexibility index (Phi) is 6.44. The third-order valence-corrected chi connectivity index (χ3v) is 7.23. The fraction of sp³-hybridized carbons (Fsp3) is 0.650. The van der Waals surface area contributed by atoms with Crippen molar-refractivity contribution >= 4 is 21.1 Å². The lowest BCUT2D eigenvalue weighted by atomic mass is 10.0. The van der Waals surface area contributed by atoms with Gasteiger partial charge in [0.1, 0.15) is 5.82 Å². The molecule has 1 aliphatic heterocycles. The van der Waals surface area contributed by atoms with Crippen LogP contribution in [0, 0.1) is 0 Å². The van der Waals surface area contributed by atoms with Gasteiger partial charge < -0.3 is 9.88 Å². The molecule has 1 saturated heterocycles. The predicted octanol–water partition coefficient (Wildman–Crippen LogP) is 2.27. The number of hydrogen-bond donors (Lipinski definition) is 1. The van der Waals surface area contributed by atoms with E-state index in [0.717, 1.165) is 55.9 Å². The molecule has 0 saturated carbocycles. The van der Waals surface area contributed by atoms with E-state index < -0.39 is 10.0 Å². The van der Waals surface area contributed by atoms with Crippen molar-refractivity contribution in [2.45, 2.75) is 63.7 Å². The van der Waals surface area contributed by atoms with Gasteiger partial charge in [-0.1, -0.05) is 13.8 Å². The maximum Gasteiger partial charge on any atom is 0.242 e. The molecule has 0 unspecified atom stereocenters. The van der Waals surface area contributed by atoms with E-state index in [1.165, 1.54) is 4.31 Å². The summed E-state index contributed by atoms with van der Waals surface area (Å²) < 4.78 is 28.3. The van der Waals surface area contributed by atoms with Crippen LogP contribution in [-0.4, -0.2) is 66.4 Å². The number of rotatable bonds is 7. The van der Waals surface area contributed by atoms with Gasteiger partial charge in [0, 0.05) is 45.8 Å². The smallest absolute Gasteiger partial charge is 0.242 e. The number of nitrogens with one attached hydrogen (secondary N) is 1. The molecule has 2 heterocycles. The normalized spacial score (nSPS) is 17.2. The summed E-state index contributed by atoms with van der Waals surface area (Å²) >= 11 is 0. The number of likely N-dealkylation sites (tertiary alicyclic amines) is 1. The van der Waals surface area contributed by atoms with Gasteiger partial charge in [0.05, 0.1) is 22.5 Å².